The Labute approximate surface area is 95.2 Å². The number of methoxy groups -OCH3 is 1. The van der Waals surface area contributed by atoms with E-state index in [-0.39, 0.29) is 6.42 Å². The van der Waals surface area contributed by atoms with Crippen molar-refractivity contribution >= 4 is 5.97 Å². The van der Waals surface area contributed by atoms with E-state index < -0.39 is 5.97 Å². The van der Waals surface area contributed by atoms with E-state index in [1.54, 1.807) is 7.11 Å². The van der Waals surface area contributed by atoms with Crippen LogP contribution in [-0.2, 0) is 11.3 Å². The fourth-order valence-electron chi connectivity index (χ4n) is 1.44. The second-order valence-corrected chi connectivity index (χ2v) is 3.49. The summed E-state index contributed by atoms with van der Waals surface area (Å²) in [6.45, 7) is 1.40. The van der Waals surface area contributed by atoms with Gasteiger partial charge in [0.1, 0.15) is 5.75 Å². The number of nitrogens with one attached hydrogen (secondary N) is 1. The summed E-state index contributed by atoms with van der Waals surface area (Å²) >= 11 is 0. The molecule has 1 aromatic carbocycles. The maximum atomic E-state index is 10.3. The molecule has 0 aliphatic carbocycles. The second kappa shape index (κ2) is 6.85. The third-order valence-electron chi connectivity index (χ3n) is 2.25. The number of para-hydroxylation sites is 1. The molecule has 4 heteroatoms. The number of rotatable bonds is 7. The van der Waals surface area contributed by atoms with Crippen molar-refractivity contribution in [2.24, 2.45) is 0 Å². The summed E-state index contributed by atoms with van der Waals surface area (Å²) in [4.78, 5) is 10.3. The molecule has 16 heavy (non-hydrogen) atoms. The largest absolute Gasteiger partial charge is 0.496 e. The highest BCUT2D eigenvalue weighted by atomic mass is 16.5. The van der Waals surface area contributed by atoms with Crippen molar-refractivity contribution in [2.45, 2.75) is 19.4 Å². The molecule has 0 saturated heterocycles. The maximum Gasteiger partial charge on any atom is 0.303 e. The Morgan fingerprint density at radius 2 is 2.19 bits per heavy atom. The topological polar surface area (TPSA) is 58.6 Å². The zero-order valence-corrected chi connectivity index (χ0v) is 9.40. The average Bonchev–Trinajstić information content (AvgIpc) is 2.29. The summed E-state index contributed by atoms with van der Waals surface area (Å²) in [5, 5.41) is 11.7. The van der Waals surface area contributed by atoms with Crippen LogP contribution in [0.25, 0.3) is 0 Å². The van der Waals surface area contributed by atoms with E-state index >= 15 is 0 Å². The first-order chi connectivity index (χ1) is 7.74. The number of hydrogen-bond acceptors (Lipinski definition) is 3. The van der Waals surface area contributed by atoms with E-state index in [4.69, 9.17) is 9.84 Å². The lowest BCUT2D eigenvalue weighted by molar-refractivity contribution is -0.137. The lowest BCUT2D eigenvalue weighted by Crippen LogP contribution is -2.16. The SMILES string of the molecule is COc1ccccc1CNCCCC(=O)O. The summed E-state index contributed by atoms with van der Waals surface area (Å²) in [5.41, 5.74) is 1.08. The van der Waals surface area contributed by atoms with Gasteiger partial charge in [0.15, 0.2) is 0 Å². The van der Waals surface area contributed by atoms with Gasteiger partial charge in [0.05, 0.1) is 7.11 Å². The molecule has 0 unspecified atom stereocenters. The van der Waals surface area contributed by atoms with Crippen LogP contribution in [-0.4, -0.2) is 24.7 Å². The van der Waals surface area contributed by atoms with Gasteiger partial charge in [0.25, 0.3) is 0 Å². The predicted octanol–water partition coefficient (Wildman–Crippen LogP) is 1.65. The van der Waals surface area contributed by atoms with Gasteiger partial charge in [-0.15, -0.1) is 0 Å². The van der Waals surface area contributed by atoms with E-state index in [0.29, 0.717) is 19.5 Å². The van der Waals surface area contributed by atoms with Gasteiger partial charge >= 0.3 is 5.97 Å². The molecule has 0 radical (unpaired) electrons. The molecule has 88 valence electrons. The van der Waals surface area contributed by atoms with E-state index in [9.17, 15) is 4.79 Å². The average molecular weight is 223 g/mol. The standard InChI is InChI=1S/C12H17NO3/c1-16-11-6-3-2-5-10(11)9-13-8-4-7-12(14)15/h2-3,5-6,13H,4,7-9H2,1H3,(H,14,15). The van der Waals surface area contributed by atoms with Crippen molar-refractivity contribution in [1.29, 1.82) is 0 Å². The van der Waals surface area contributed by atoms with Crippen molar-refractivity contribution < 1.29 is 14.6 Å². The van der Waals surface area contributed by atoms with Crippen LogP contribution in [0.5, 0.6) is 5.75 Å². The molecule has 0 saturated carbocycles. The number of hydrogen-bond donors (Lipinski definition) is 2. The fraction of sp³-hybridized carbons (Fsp3) is 0.417. The van der Waals surface area contributed by atoms with Crippen LogP contribution in [0.2, 0.25) is 0 Å². The lowest BCUT2D eigenvalue weighted by atomic mass is 10.2. The van der Waals surface area contributed by atoms with Crippen LogP contribution in [0.15, 0.2) is 24.3 Å². The van der Waals surface area contributed by atoms with Crippen molar-refractivity contribution in [2.75, 3.05) is 13.7 Å². The summed E-state index contributed by atoms with van der Waals surface area (Å²) in [5.74, 6) is 0.104. The molecule has 0 aromatic heterocycles. The van der Waals surface area contributed by atoms with Crippen molar-refractivity contribution in [3.8, 4) is 5.75 Å². The molecule has 0 aliphatic rings. The number of carbonyl (C=O) groups is 1. The Morgan fingerprint density at radius 1 is 1.44 bits per heavy atom. The van der Waals surface area contributed by atoms with Crippen LogP contribution >= 0.6 is 0 Å². The first-order valence-electron chi connectivity index (χ1n) is 5.28. The molecule has 0 amide bonds. The molecule has 1 aromatic rings. The number of ether oxygens (including phenoxy) is 1. The Kier molecular flexibility index (Phi) is 5.36. The summed E-state index contributed by atoms with van der Waals surface area (Å²) in [7, 11) is 1.64. The summed E-state index contributed by atoms with van der Waals surface area (Å²) in [6.07, 6.45) is 0.851. The minimum absolute atomic E-state index is 0.207. The van der Waals surface area contributed by atoms with E-state index in [2.05, 4.69) is 5.32 Å². The molecule has 0 heterocycles. The molecule has 0 atom stereocenters. The third-order valence-corrected chi connectivity index (χ3v) is 2.25. The molecule has 4 nitrogen and oxygen atoms in total. The number of carboxylic acids is 1. The van der Waals surface area contributed by atoms with Gasteiger partial charge in [0.2, 0.25) is 0 Å². The molecular weight excluding hydrogens is 206 g/mol. The number of benzene rings is 1. The highest BCUT2D eigenvalue weighted by Gasteiger charge is 2.01. The maximum absolute atomic E-state index is 10.3. The highest BCUT2D eigenvalue weighted by molar-refractivity contribution is 5.66. The van der Waals surface area contributed by atoms with Gasteiger partial charge < -0.3 is 15.2 Å². The van der Waals surface area contributed by atoms with Crippen molar-refractivity contribution in [1.82, 2.24) is 5.32 Å². The number of aliphatic carboxylic acids is 1. The Bertz CT molecular complexity index is 339. The van der Waals surface area contributed by atoms with Gasteiger partial charge in [-0.1, -0.05) is 18.2 Å². The zero-order chi connectivity index (χ0) is 11.8. The Hall–Kier alpha value is -1.55. The van der Waals surface area contributed by atoms with Crippen LogP contribution in [0.4, 0.5) is 0 Å². The molecule has 2 N–H and O–H groups in total. The molecule has 0 aliphatic heterocycles. The summed E-state index contributed by atoms with van der Waals surface area (Å²) in [6, 6.07) is 7.78. The molecule has 0 fully saturated rings. The van der Waals surface area contributed by atoms with Gasteiger partial charge in [-0.05, 0) is 19.0 Å². The van der Waals surface area contributed by atoms with Gasteiger partial charge in [-0.3, -0.25) is 4.79 Å². The fourth-order valence-corrected chi connectivity index (χ4v) is 1.44. The molecule has 1 rings (SSSR count). The van der Waals surface area contributed by atoms with Gasteiger partial charge in [0, 0.05) is 18.5 Å². The van der Waals surface area contributed by atoms with E-state index in [1.807, 2.05) is 24.3 Å². The number of carboxylic acid groups (broad SMARTS) is 1. The minimum atomic E-state index is -0.751. The van der Waals surface area contributed by atoms with Gasteiger partial charge in [-0.25, -0.2) is 0 Å². The Balaban J connectivity index is 2.28. The third kappa shape index (κ3) is 4.31. The first-order valence-corrected chi connectivity index (χ1v) is 5.28. The monoisotopic (exact) mass is 223 g/mol. The van der Waals surface area contributed by atoms with Crippen molar-refractivity contribution in [3.05, 3.63) is 29.8 Å². The highest BCUT2D eigenvalue weighted by Crippen LogP contribution is 2.16. The smallest absolute Gasteiger partial charge is 0.303 e. The van der Waals surface area contributed by atoms with Crippen LogP contribution in [0.1, 0.15) is 18.4 Å². The normalized spacial score (nSPS) is 10.1. The van der Waals surface area contributed by atoms with Gasteiger partial charge in [-0.2, -0.15) is 0 Å². The zero-order valence-electron chi connectivity index (χ0n) is 9.40. The lowest BCUT2D eigenvalue weighted by Gasteiger charge is -2.08. The van der Waals surface area contributed by atoms with E-state index in [1.165, 1.54) is 0 Å². The minimum Gasteiger partial charge on any atom is -0.496 e. The Morgan fingerprint density at radius 3 is 2.88 bits per heavy atom. The van der Waals surface area contributed by atoms with E-state index in [0.717, 1.165) is 11.3 Å². The quantitative estimate of drug-likeness (QED) is 0.690. The summed E-state index contributed by atoms with van der Waals surface area (Å²) < 4.78 is 5.21. The van der Waals surface area contributed by atoms with Crippen LogP contribution in [0, 0.1) is 0 Å². The van der Waals surface area contributed by atoms with Crippen LogP contribution in [0.3, 0.4) is 0 Å². The molecule has 0 bridgehead atoms. The second-order valence-electron chi connectivity index (χ2n) is 3.49. The first kappa shape index (κ1) is 12.5. The predicted molar refractivity (Wildman–Crippen MR) is 61.6 cm³/mol. The molecule has 0 spiro atoms. The van der Waals surface area contributed by atoms with Crippen LogP contribution < -0.4 is 10.1 Å². The molecular formula is C12H17NO3. The van der Waals surface area contributed by atoms with Crippen molar-refractivity contribution in [3.63, 3.8) is 0 Å².